The van der Waals surface area contributed by atoms with Gasteiger partial charge in [-0.15, -0.1) is 0 Å². The van der Waals surface area contributed by atoms with Crippen molar-refractivity contribution in [2.45, 2.75) is 76.3 Å². The van der Waals surface area contributed by atoms with Crippen molar-refractivity contribution < 1.29 is 21.6 Å². The largest absolute Gasteiger partial charge is 0.406 e. The molecule has 0 aliphatic heterocycles. The summed E-state index contributed by atoms with van der Waals surface area (Å²) < 4.78 is 67.1. The van der Waals surface area contributed by atoms with Gasteiger partial charge in [0.25, 0.3) is 0 Å². The summed E-state index contributed by atoms with van der Waals surface area (Å²) in [5.41, 5.74) is 2.30. The molecule has 8 nitrogen and oxygen atoms in total. The smallest absolute Gasteiger partial charge is 0.373 e. The number of nitriles is 1. The zero-order chi connectivity index (χ0) is 30.5. The van der Waals surface area contributed by atoms with Crippen LogP contribution in [0.15, 0.2) is 42.6 Å². The van der Waals surface area contributed by atoms with Crippen LogP contribution < -0.4 is 15.4 Å². The summed E-state index contributed by atoms with van der Waals surface area (Å²) in [6.45, 7) is 3.17. The Morgan fingerprint density at radius 2 is 1.79 bits per heavy atom. The molecule has 0 spiro atoms. The van der Waals surface area contributed by atoms with Crippen LogP contribution in [-0.4, -0.2) is 49.0 Å². The molecule has 4 rings (SSSR count). The lowest BCUT2D eigenvalue weighted by molar-refractivity contribution is -0.140. The number of hydrogen-bond acceptors (Lipinski definition) is 6. The molecule has 2 heterocycles. The van der Waals surface area contributed by atoms with Crippen LogP contribution in [0.25, 0.3) is 10.9 Å². The first-order chi connectivity index (χ1) is 19.7. The van der Waals surface area contributed by atoms with Crippen molar-refractivity contribution in [1.82, 2.24) is 19.6 Å². The Morgan fingerprint density at radius 1 is 1.07 bits per heavy atom. The maximum atomic E-state index is 13.4. The summed E-state index contributed by atoms with van der Waals surface area (Å²) in [5.74, 6) is 5.80. The molecule has 3 aromatic rings. The molecule has 0 atom stereocenters. The molecule has 1 fully saturated rings. The van der Waals surface area contributed by atoms with Crippen molar-refractivity contribution in [1.29, 1.82) is 5.26 Å². The number of benzene rings is 1. The molecule has 42 heavy (non-hydrogen) atoms. The van der Waals surface area contributed by atoms with Crippen molar-refractivity contribution in [2.75, 3.05) is 18.1 Å². The first-order valence-corrected chi connectivity index (χ1v) is 15.6. The van der Waals surface area contributed by atoms with E-state index in [2.05, 4.69) is 38.2 Å². The maximum absolute atomic E-state index is 13.4. The lowest BCUT2D eigenvalue weighted by Gasteiger charge is -2.29. The summed E-state index contributed by atoms with van der Waals surface area (Å²) >= 11 is 0. The standard InChI is InChI=1S/C30H35F3N6O2S/c1-29(2,19-34)28-13-11-25(18-37-28)35-14-4-5-26-16-22-15-21(6-12-27(22)39(26)20-30(31,32)33)17-36-23-7-9-24(10-8-23)38-42(3,40)41/h6,11-13,15-16,18,23-24,35-36,38H,7-10,14,17,20H2,1-3H3. The molecule has 1 aromatic carbocycles. The number of nitrogens with one attached hydrogen (secondary N) is 3. The number of sulfonamides is 1. The second-order valence-electron chi connectivity index (χ2n) is 11.3. The quantitative estimate of drug-likeness (QED) is 0.304. The fraction of sp³-hybridized carbons (Fsp3) is 0.467. The highest BCUT2D eigenvalue weighted by atomic mass is 32.2. The van der Waals surface area contributed by atoms with Crippen molar-refractivity contribution in [3.63, 3.8) is 0 Å². The van der Waals surface area contributed by atoms with Gasteiger partial charge in [-0.05, 0) is 81.3 Å². The van der Waals surface area contributed by atoms with Crippen LogP contribution in [0, 0.1) is 23.2 Å². The first-order valence-electron chi connectivity index (χ1n) is 13.7. The lowest BCUT2D eigenvalue weighted by Crippen LogP contribution is -2.41. The van der Waals surface area contributed by atoms with Crippen LogP contribution in [0.2, 0.25) is 0 Å². The van der Waals surface area contributed by atoms with E-state index in [0.717, 1.165) is 31.2 Å². The van der Waals surface area contributed by atoms with Crippen molar-refractivity contribution in [3.05, 3.63) is 59.5 Å². The Labute approximate surface area is 244 Å². The Morgan fingerprint density at radius 3 is 2.40 bits per heavy atom. The molecular formula is C30H35F3N6O2S. The van der Waals surface area contributed by atoms with Crippen LogP contribution in [-0.2, 0) is 28.5 Å². The Balaban J connectivity index is 1.42. The van der Waals surface area contributed by atoms with Gasteiger partial charge >= 0.3 is 6.18 Å². The predicted octanol–water partition coefficient (Wildman–Crippen LogP) is 4.81. The lowest BCUT2D eigenvalue weighted by atomic mass is 9.91. The normalized spacial score (nSPS) is 17.8. The van der Waals surface area contributed by atoms with Gasteiger partial charge in [-0.3, -0.25) is 4.98 Å². The predicted molar refractivity (Wildman–Crippen MR) is 157 cm³/mol. The van der Waals surface area contributed by atoms with E-state index in [4.69, 9.17) is 0 Å². The van der Waals surface area contributed by atoms with E-state index in [-0.39, 0.29) is 24.3 Å². The Kier molecular flexibility index (Phi) is 9.51. The fourth-order valence-electron chi connectivity index (χ4n) is 5.07. The highest BCUT2D eigenvalue weighted by molar-refractivity contribution is 7.88. The summed E-state index contributed by atoms with van der Waals surface area (Å²) in [6.07, 6.45) is 1.54. The molecule has 1 aliphatic carbocycles. The number of anilines is 1. The topological polar surface area (TPSA) is 112 Å². The molecule has 2 aromatic heterocycles. The molecule has 0 unspecified atom stereocenters. The van der Waals surface area contributed by atoms with Crippen molar-refractivity contribution in [3.8, 4) is 17.9 Å². The second-order valence-corrected chi connectivity index (χ2v) is 13.0. The minimum absolute atomic E-state index is 0.0448. The zero-order valence-electron chi connectivity index (χ0n) is 23.8. The third-order valence-corrected chi connectivity index (χ3v) is 8.05. The summed E-state index contributed by atoms with van der Waals surface area (Å²) in [6, 6.07) is 13.0. The number of pyridine rings is 1. The monoisotopic (exact) mass is 600 g/mol. The highest BCUT2D eigenvalue weighted by Gasteiger charge is 2.30. The van der Waals surface area contributed by atoms with E-state index in [1.165, 1.54) is 10.8 Å². The average molecular weight is 601 g/mol. The summed E-state index contributed by atoms with van der Waals surface area (Å²) in [7, 11) is -3.23. The number of hydrogen-bond donors (Lipinski definition) is 3. The minimum atomic E-state index is -4.41. The first kappa shape index (κ1) is 31.4. The molecule has 3 N–H and O–H groups in total. The molecular weight excluding hydrogens is 565 g/mol. The number of aromatic nitrogens is 2. The van der Waals surface area contributed by atoms with Crippen LogP contribution in [0.5, 0.6) is 0 Å². The van der Waals surface area contributed by atoms with Gasteiger partial charge in [0.05, 0.1) is 47.6 Å². The van der Waals surface area contributed by atoms with E-state index in [1.54, 1.807) is 44.3 Å². The molecule has 0 radical (unpaired) electrons. The fourth-order valence-corrected chi connectivity index (χ4v) is 5.91. The maximum Gasteiger partial charge on any atom is 0.406 e. The summed E-state index contributed by atoms with van der Waals surface area (Å²) in [4.78, 5) is 4.32. The van der Waals surface area contributed by atoms with Gasteiger partial charge in [-0.1, -0.05) is 12.0 Å². The van der Waals surface area contributed by atoms with Gasteiger partial charge in [-0.25, -0.2) is 13.1 Å². The Hall–Kier alpha value is -3.58. The van der Waals surface area contributed by atoms with Crippen LogP contribution in [0.4, 0.5) is 18.9 Å². The van der Waals surface area contributed by atoms with Crippen LogP contribution in [0.3, 0.4) is 0 Å². The number of alkyl halides is 3. The average Bonchev–Trinajstić information content (AvgIpc) is 3.25. The Bertz CT molecular complexity index is 1610. The van der Waals surface area contributed by atoms with Gasteiger partial charge in [0, 0.05) is 29.5 Å². The zero-order valence-corrected chi connectivity index (χ0v) is 24.7. The molecule has 0 saturated heterocycles. The SMILES string of the molecule is CC(C)(C#N)c1ccc(NCC#Cc2cc3cc(CNC4CCC(NS(C)(=O)=O)CC4)ccc3n2CC(F)(F)F)cn1. The number of halogens is 3. The molecule has 0 bridgehead atoms. The third kappa shape index (κ3) is 8.71. The third-order valence-electron chi connectivity index (χ3n) is 7.29. The second kappa shape index (κ2) is 12.7. The molecule has 1 aliphatic rings. The molecule has 224 valence electrons. The molecule has 12 heteroatoms. The van der Waals surface area contributed by atoms with Gasteiger partial charge in [-0.2, -0.15) is 18.4 Å². The van der Waals surface area contributed by atoms with Crippen molar-refractivity contribution in [2.24, 2.45) is 0 Å². The van der Waals surface area contributed by atoms with E-state index in [9.17, 15) is 26.9 Å². The van der Waals surface area contributed by atoms with Crippen LogP contribution >= 0.6 is 0 Å². The van der Waals surface area contributed by atoms with E-state index in [0.29, 0.717) is 28.8 Å². The van der Waals surface area contributed by atoms with E-state index < -0.39 is 28.2 Å². The molecule has 1 saturated carbocycles. The van der Waals surface area contributed by atoms with Crippen LogP contribution in [0.1, 0.15) is 56.5 Å². The van der Waals surface area contributed by atoms with Gasteiger partial charge in [0.1, 0.15) is 6.54 Å². The van der Waals surface area contributed by atoms with Crippen molar-refractivity contribution >= 4 is 26.6 Å². The van der Waals surface area contributed by atoms with Gasteiger partial charge in [0.2, 0.25) is 10.0 Å². The van der Waals surface area contributed by atoms with E-state index >= 15 is 0 Å². The molecule has 0 amide bonds. The minimum Gasteiger partial charge on any atom is -0.373 e. The number of rotatable bonds is 9. The number of nitrogens with zero attached hydrogens (tertiary/aromatic N) is 3. The van der Waals surface area contributed by atoms with Gasteiger partial charge in [0.15, 0.2) is 0 Å². The number of fused-ring (bicyclic) bond motifs is 1. The summed E-state index contributed by atoms with van der Waals surface area (Å²) in [5, 5.41) is 16.5. The van der Waals surface area contributed by atoms with Gasteiger partial charge < -0.3 is 15.2 Å². The highest BCUT2D eigenvalue weighted by Crippen LogP contribution is 2.27. The van der Waals surface area contributed by atoms with E-state index in [1.807, 2.05) is 12.1 Å².